The minimum absolute atomic E-state index is 0.0440. The largest absolute Gasteiger partial charge is 0.416 e. The van der Waals surface area contributed by atoms with Crippen molar-refractivity contribution in [3.63, 3.8) is 0 Å². The van der Waals surface area contributed by atoms with E-state index in [4.69, 9.17) is 0 Å². The van der Waals surface area contributed by atoms with E-state index >= 15 is 0 Å². The van der Waals surface area contributed by atoms with Gasteiger partial charge in [0, 0.05) is 5.56 Å². The van der Waals surface area contributed by atoms with Crippen molar-refractivity contribution in [3.8, 4) is 0 Å². The van der Waals surface area contributed by atoms with Crippen molar-refractivity contribution in [2.24, 2.45) is 0 Å². The number of rotatable bonds is 2. The number of aliphatic hydroxyl groups is 1. The lowest BCUT2D eigenvalue weighted by Crippen LogP contribution is -2.07. The molecule has 2 aromatic carbocycles. The van der Waals surface area contributed by atoms with Gasteiger partial charge in [0.15, 0.2) is 0 Å². The molecule has 0 aliphatic heterocycles. The minimum atomic E-state index is -4.49. The zero-order valence-corrected chi connectivity index (χ0v) is 9.96. The molecule has 0 fully saturated rings. The molecule has 0 amide bonds. The number of hydrogen-bond acceptors (Lipinski definition) is 1. The highest BCUT2D eigenvalue weighted by Crippen LogP contribution is 2.31. The number of hydrogen-bond donors (Lipinski definition) is 1. The Morgan fingerprint density at radius 1 is 0.900 bits per heavy atom. The topological polar surface area (TPSA) is 20.2 Å². The molecule has 106 valence electrons. The summed E-state index contributed by atoms with van der Waals surface area (Å²) in [7, 11) is 0. The zero-order chi connectivity index (χ0) is 14.9. The smallest absolute Gasteiger partial charge is 0.384 e. The fourth-order valence-electron chi connectivity index (χ4n) is 1.76. The predicted octanol–water partition coefficient (Wildman–Crippen LogP) is 4.07. The van der Waals surface area contributed by atoms with Gasteiger partial charge >= 0.3 is 6.18 Å². The third kappa shape index (κ3) is 2.96. The highest BCUT2D eigenvalue weighted by Gasteiger charge is 2.30. The molecule has 1 atom stereocenters. The summed E-state index contributed by atoms with van der Waals surface area (Å²) in [6.45, 7) is 0. The molecule has 0 heterocycles. The Bertz CT molecular complexity index is 604. The van der Waals surface area contributed by atoms with E-state index in [1.54, 1.807) is 0 Å². The first-order valence-electron chi connectivity index (χ1n) is 5.59. The fraction of sp³-hybridized carbons (Fsp3) is 0.143. The minimum Gasteiger partial charge on any atom is -0.384 e. The highest BCUT2D eigenvalue weighted by molar-refractivity contribution is 5.33. The van der Waals surface area contributed by atoms with Gasteiger partial charge in [0.1, 0.15) is 17.7 Å². The van der Waals surface area contributed by atoms with Gasteiger partial charge in [-0.25, -0.2) is 8.78 Å². The molecule has 20 heavy (non-hydrogen) atoms. The summed E-state index contributed by atoms with van der Waals surface area (Å²) in [6, 6.07) is 6.13. The highest BCUT2D eigenvalue weighted by atomic mass is 19.4. The lowest BCUT2D eigenvalue weighted by molar-refractivity contribution is -0.137. The van der Waals surface area contributed by atoms with Crippen LogP contribution < -0.4 is 0 Å². The van der Waals surface area contributed by atoms with Gasteiger partial charge in [-0.05, 0) is 35.9 Å². The van der Waals surface area contributed by atoms with Crippen LogP contribution in [0.15, 0.2) is 42.5 Å². The Morgan fingerprint density at radius 2 is 1.50 bits per heavy atom. The van der Waals surface area contributed by atoms with Gasteiger partial charge in [0.25, 0.3) is 0 Å². The predicted molar refractivity (Wildman–Crippen MR) is 61.9 cm³/mol. The molecule has 1 nitrogen and oxygen atoms in total. The summed E-state index contributed by atoms with van der Waals surface area (Å²) < 4.78 is 63.7. The van der Waals surface area contributed by atoms with Crippen molar-refractivity contribution in [3.05, 3.63) is 70.8 Å². The van der Waals surface area contributed by atoms with E-state index in [2.05, 4.69) is 0 Å². The lowest BCUT2D eigenvalue weighted by Gasteiger charge is -2.14. The summed E-state index contributed by atoms with van der Waals surface area (Å²) in [6.07, 6.45) is -6.03. The van der Waals surface area contributed by atoms with Gasteiger partial charge in [-0.2, -0.15) is 13.2 Å². The van der Waals surface area contributed by atoms with Gasteiger partial charge in [0.05, 0.1) is 5.56 Å². The monoisotopic (exact) mass is 288 g/mol. The Labute approximate surface area is 111 Å². The molecule has 6 heteroatoms. The van der Waals surface area contributed by atoms with E-state index in [0.717, 1.165) is 42.5 Å². The van der Waals surface area contributed by atoms with E-state index in [0.29, 0.717) is 0 Å². The Balaban J connectivity index is 2.34. The quantitative estimate of drug-likeness (QED) is 0.826. The third-order valence-corrected chi connectivity index (χ3v) is 2.81. The Morgan fingerprint density at radius 3 is 2.05 bits per heavy atom. The van der Waals surface area contributed by atoms with Crippen LogP contribution in [-0.2, 0) is 6.18 Å². The first-order chi connectivity index (χ1) is 9.29. The van der Waals surface area contributed by atoms with E-state index in [9.17, 15) is 27.1 Å². The van der Waals surface area contributed by atoms with Crippen LogP contribution in [0.25, 0.3) is 0 Å². The molecule has 1 unspecified atom stereocenters. The normalized spacial score (nSPS) is 13.3. The van der Waals surface area contributed by atoms with Crippen LogP contribution in [0.3, 0.4) is 0 Å². The Kier molecular flexibility index (Phi) is 3.76. The first kappa shape index (κ1) is 14.5. The van der Waals surface area contributed by atoms with Crippen LogP contribution in [0.5, 0.6) is 0 Å². The molecule has 1 N–H and O–H groups in total. The van der Waals surface area contributed by atoms with Crippen molar-refractivity contribution < 1.29 is 27.1 Å². The molecule has 0 radical (unpaired) electrons. The van der Waals surface area contributed by atoms with Gasteiger partial charge < -0.3 is 5.11 Å². The zero-order valence-electron chi connectivity index (χ0n) is 9.96. The maximum absolute atomic E-state index is 13.5. The molecular formula is C14H9F5O. The molecule has 0 aliphatic carbocycles. The number of alkyl halides is 3. The summed E-state index contributed by atoms with van der Waals surface area (Å²) in [5.74, 6) is -1.58. The van der Waals surface area contributed by atoms with Gasteiger partial charge in [-0.1, -0.05) is 12.1 Å². The molecule has 0 aromatic heterocycles. The van der Waals surface area contributed by atoms with E-state index in [1.165, 1.54) is 0 Å². The van der Waals surface area contributed by atoms with Crippen LogP contribution in [-0.4, -0.2) is 5.11 Å². The number of halogens is 5. The van der Waals surface area contributed by atoms with E-state index in [-0.39, 0.29) is 11.1 Å². The summed E-state index contributed by atoms with van der Waals surface area (Å²) in [5, 5.41) is 9.90. The second-order valence-electron chi connectivity index (χ2n) is 4.19. The maximum atomic E-state index is 13.5. The molecule has 2 rings (SSSR count). The first-order valence-corrected chi connectivity index (χ1v) is 5.59. The Hall–Kier alpha value is -1.95. The van der Waals surface area contributed by atoms with Gasteiger partial charge in [-0.15, -0.1) is 0 Å². The molecular weight excluding hydrogens is 279 g/mol. The molecule has 0 spiro atoms. The van der Waals surface area contributed by atoms with E-state index in [1.807, 2.05) is 0 Å². The van der Waals surface area contributed by atoms with Crippen LogP contribution in [0.4, 0.5) is 22.0 Å². The summed E-state index contributed by atoms with van der Waals surface area (Å²) in [4.78, 5) is 0. The fourth-order valence-corrected chi connectivity index (χ4v) is 1.76. The average molecular weight is 288 g/mol. The summed E-state index contributed by atoms with van der Waals surface area (Å²) in [5.41, 5.74) is -1.17. The summed E-state index contributed by atoms with van der Waals surface area (Å²) >= 11 is 0. The van der Waals surface area contributed by atoms with Gasteiger partial charge in [0.2, 0.25) is 0 Å². The van der Waals surface area contributed by atoms with Gasteiger partial charge in [-0.3, -0.25) is 0 Å². The second kappa shape index (κ2) is 5.20. The van der Waals surface area contributed by atoms with Crippen molar-refractivity contribution >= 4 is 0 Å². The molecule has 0 saturated carbocycles. The molecule has 0 saturated heterocycles. The van der Waals surface area contributed by atoms with Crippen molar-refractivity contribution in [2.75, 3.05) is 0 Å². The molecule has 2 aromatic rings. The standard InChI is InChI=1S/C14H9F5O/c15-10-5-6-12(16)11(7-10)13(20)8-1-3-9(4-2-8)14(17,18)19/h1-7,13,20H. The lowest BCUT2D eigenvalue weighted by atomic mass is 9.99. The maximum Gasteiger partial charge on any atom is 0.416 e. The second-order valence-corrected chi connectivity index (χ2v) is 4.19. The molecule has 0 aliphatic rings. The van der Waals surface area contributed by atoms with Crippen molar-refractivity contribution in [2.45, 2.75) is 12.3 Å². The van der Waals surface area contributed by atoms with Crippen LogP contribution in [0.2, 0.25) is 0 Å². The number of aliphatic hydroxyl groups excluding tert-OH is 1. The average Bonchev–Trinajstić information content (AvgIpc) is 2.40. The number of benzene rings is 2. The molecule has 0 bridgehead atoms. The van der Waals surface area contributed by atoms with Crippen LogP contribution in [0.1, 0.15) is 22.8 Å². The van der Waals surface area contributed by atoms with Crippen LogP contribution >= 0.6 is 0 Å². The van der Waals surface area contributed by atoms with Crippen molar-refractivity contribution in [1.29, 1.82) is 0 Å². The van der Waals surface area contributed by atoms with E-state index < -0.39 is 29.5 Å². The third-order valence-electron chi connectivity index (χ3n) is 2.81. The van der Waals surface area contributed by atoms with Crippen LogP contribution in [0, 0.1) is 11.6 Å². The van der Waals surface area contributed by atoms with Crippen molar-refractivity contribution in [1.82, 2.24) is 0 Å². The SMILES string of the molecule is OC(c1ccc(C(F)(F)F)cc1)c1cc(F)ccc1F.